The summed E-state index contributed by atoms with van der Waals surface area (Å²) in [7, 11) is 0. The van der Waals surface area contributed by atoms with Crippen molar-refractivity contribution >= 4 is 52.1 Å². The summed E-state index contributed by atoms with van der Waals surface area (Å²) < 4.78 is 1.64. The first kappa shape index (κ1) is 17.6. The van der Waals surface area contributed by atoms with Crippen LogP contribution in [0, 0.1) is 0 Å². The van der Waals surface area contributed by atoms with E-state index in [1.54, 1.807) is 10.9 Å². The van der Waals surface area contributed by atoms with Gasteiger partial charge >= 0.3 is 0 Å². The summed E-state index contributed by atoms with van der Waals surface area (Å²) in [6, 6.07) is 10.5. The van der Waals surface area contributed by atoms with Crippen LogP contribution in [-0.4, -0.2) is 15.7 Å². The lowest BCUT2D eigenvalue weighted by molar-refractivity contribution is 0.102. The van der Waals surface area contributed by atoms with Crippen LogP contribution in [0.4, 0.5) is 11.4 Å². The molecular weight excluding hydrogens is 383 g/mol. The van der Waals surface area contributed by atoms with Crippen LogP contribution >= 0.6 is 34.8 Å². The summed E-state index contributed by atoms with van der Waals surface area (Å²) in [5.41, 5.74) is 7.72. The lowest BCUT2D eigenvalue weighted by atomic mass is 10.2. The number of hydrogen-bond acceptors (Lipinski definition) is 3. The number of nitrogen functional groups attached to an aromatic ring is 1. The minimum absolute atomic E-state index is 0.272. The molecule has 1 aromatic heterocycles. The van der Waals surface area contributed by atoms with Gasteiger partial charge in [0.1, 0.15) is 0 Å². The molecule has 1 heterocycles. The Morgan fingerprint density at radius 2 is 1.80 bits per heavy atom. The Balaban J connectivity index is 1.74. The van der Waals surface area contributed by atoms with Gasteiger partial charge in [-0.05, 0) is 23.8 Å². The predicted molar refractivity (Wildman–Crippen MR) is 102 cm³/mol. The van der Waals surface area contributed by atoms with Gasteiger partial charge in [-0.15, -0.1) is 0 Å². The van der Waals surface area contributed by atoms with Crippen LogP contribution in [0.3, 0.4) is 0 Å². The Labute approximate surface area is 159 Å². The number of nitrogens with two attached hydrogens (primary N) is 1. The number of aromatic nitrogens is 2. The summed E-state index contributed by atoms with van der Waals surface area (Å²) in [6.07, 6.45) is 3.12. The van der Waals surface area contributed by atoms with Crippen molar-refractivity contribution < 1.29 is 4.79 Å². The molecule has 25 heavy (non-hydrogen) atoms. The van der Waals surface area contributed by atoms with Crippen molar-refractivity contribution in [3.63, 3.8) is 0 Å². The molecule has 3 N–H and O–H groups in total. The Bertz CT molecular complexity index is 916. The van der Waals surface area contributed by atoms with Gasteiger partial charge in [0.15, 0.2) is 0 Å². The summed E-state index contributed by atoms with van der Waals surface area (Å²) in [4.78, 5) is 12.3. The molecule has 0 unspecified atom stereocenters. The highest BCUT2D eigenvalue weighted by Gasteiger charge is 2.12. The second-order valence-electron chi connectivity index (χ2n) is 5.33. The number of benzene rings is 2. The van der Waals surface area contributed by atoms with E-state index in [-0.39, 0.29) is 21.6 Å². The molecule has 128 valence electrons. The third-order valence-electron chi connectivity index (χ3n) is 3.52. The minimum Gasteiger partial charge on any atom is -0.396 e. The van der Waals surface area contributed by atoms with E-state index in [0.717, 1.165) is 5.56 Å². The smallest absolute Gasteiger partial charge is 0.258 e. The fourth-order valence-corrected chi connectivity index (χ4v) is 2.91. The molecule has 8 heteroatoms. The van der Waals surface area contributed by atoms with E-state index in [1.807, 2.05) is 24.3 Å². The zero-order valence-corrected chi connectivity index (χ0v) is 15.1. The van der Waals surface area contributed by atoms with Gasteiger partial charge in [0, 0.05) is 16.9 Å². The van der Waals surface area contributed by atoms with Crippen LogP contribution < -0.4 is 11.1 Å². The molecule has 0 saturated carbocycles. The first-order valence-electron chi connectivity index (χ1n) is 7.26. The van der Waals surface area contributed by atoms with E-state index < -0.39 is 0 Å². The molecule has 0 bridgehead atoms. The topological polar surface area (TPSA) is 72.9 Å². The van der Waals surface area contributed by atoms with Crippen molar-refractivity contribution in [2.24, 2.45) is 0 Å². The lowest BCUT2D eigenvalue weighted by Gasteiger charge is -2.07. The number of rotatable bonds is 4. The highest BCUT2D eigenvalue weighted by molar-refractivity contribution is 6.39. The van der Waals surface area contributed by atoms with Gasteiger partial charge < -0.3 is 11.1 Å². The zero-order valence-electron chi connectivity index (χ0n) is 12.8. The average molecular weight is 396 g/mol. The van der Waals surface area contributed by atoms with Crippen molar-refractivity contribution in [2.75, 3.05) is 11.1 Å². The molecule has 1 amide bonds. The molecule has 3 rings (SSSR count). The van der Waals surface area contributed by atoms with Gasteiger partial charge in [0.2, 0.25) is 0 Å². The maximum Gasteiger partial charge on any atom is 0.258 e. The summed E-state index contributed by atoms with van der Waals surface area (Å²) >= 11 is 18.1. The number of anilines is 2. The molecule has 0 aliphatic carbocycles. The fraction of sp³-hybridized carbons (Fsp3) is 0.0588. The molecule has 0 fully saturated rings. The molecule has 2 aromatic carbocycles. The van der Waals surface area contributed by atoms with Crippen LogP contribution in [0.2, 0.25) is 15.1 Å². The van der Waals surface area contributed by atoms with Crippen molar-refractivity contribution in [2.45, 2.75) is 6.54 Å². The Hall–Kier alpha value is -2.21. The standard InChI is InChI=1S/C17H13Cl3N4O/c18-13-4-2-1-3-10(13)8-24-9-11(7-22-24)17(25)23-12-5-14(19)16(21)15(20)6-12/h1-7,9H,8,21H2,(H,23,25). The lowest BCUT2D eigenvalue weighted by Crippen LogP contribution is -2.11. The predicted octanol–water partition coefficient (Wildman–Crippen LogP) is 4.73. The van der Waals surface area contributed by atoms with E-state index in [4.69, 9.17) is 40.5 Å². The fourth-order valence-electron chi connectivity index (χ4n) is 2.23. The van der Waals surface area contributed by atoms with E-state index in [1.165, 1.54) is 18.3 Å². The zero-order chi connectivity index (χ0) is 18.0. The molecule has 0 atom stereocenters. The third kappa shape index (κ3) is 4.07. The first-order valence-corrected chi connectivity index (χ1v) is 8.39. The highest BCUT2D eigenvalue weighted by atomic mass is 35.5. The molecule has 0 radical (unpaired) electrons. The SMILES string of the molecule is Nc1c(Cl)cc(NC(=O)c2cnn(Cc3ccccc3Cl)c2)cc1Cl. The number of carbonyl (C=O) groups is 1. The Morgan fingerprint density at radius 1 is 1.12 bits per heavy atom. The largest absolute Gasteiger partial charge is 0.396 e. The van der Waals surface area contributed by atoms with Crippen molar-refractivity contribution in [1.29, 1.82) is 0 Å². The monoisotopic (exact) mass is 394 g/mol. The maximum absolute atomic E-state index is 12.3. The maximum atomic E-state index is 12.3. The van der Waals surface area contributed by atoms with E-state index in [2.05, 4.69) is 10.4 Å². The van der Waals surface area contributed by atoms with Gasteiger partial charge in [-0.2, -0.15) is 5.10 Å². The van der Waals surface area contributed by atoms with Crippen molar-refractivity contribution in [3.05, 3.63) is 75.0 Å². The van der Waals surface area contributed by atoms with Gasteiger partial charge in [0.25, 0.3) is 5.91 Å². The van der Waals surface area contributed by atoms with Crippen LogP contribution in [0.5, 0.6) is 0 Å². The quantitative estimate of drug-likeness (QED) is 0.627. The van der Waals surface area contributed by atoms with E-state index in [9.17, 15) is 4.79 Å². The molecular formula is C17H13Cl3N4O. The molecule has 0 saturated heterocycles. The van der Waals surface area contributed by atoms with Gasteiger partial charge in [-0.3, -0.25) is 9.48 Å². The van der Waals surface area contributed by atoms with E-state index >= 15 is 0 Å². The van der Waals surface area contributed by atoms with Crippen molar-refractivity contribution in [1.82, 2.24) is 9.78 Å². The second-order valence-corrected chi connectivity index (χ2v) is 6.55. The Kier molecular flexibility index (Phi) is 5.18. The molecule has 5 nitrogen and oxygen atoms in total. The number of carbonyl (C=O) groups excluding carboxylic acids is 1. The van der Waals surface area contributed by atoms with E-state index in [0.29, 0.717) is 22.8 Å². The molecule has 0 aliphatic rings. The summed E-state index contributed by atoms with van der Waals surface area (Å²) in [5.74, 6) is -0.331. The van der Waals surface area contributed by atoms with Crippen molar-refractivity contribution in [3.8, 4) is 0 Å². The Morgan fingerprint density at radius 3 is 2.48 bits per heavy atom. The summed E-state index contributed by atoms with van der Waals surface area (Å²) in [5, 5.41) is 8.10. The van der Waals surface area contributed by atoms with Gasteiger partial charge in [-0.25, -0.2) is 0 Å². The van der Waals surface area contributed by atoms with Crippen LogP contribution in [0.15, 0.2) is 48.8 Å². The number of amides is 1. The first-order chi connectivity index (χ1) is 11.9. The van der Waals surface area contributed by atoms with Crippen LogP contribution in [-0.2, 0) is 6.54 Å². The average Bonchev–Trinajstić information content (AvgIpc) is 3.03. The summed E-state index contributed by atoms with van der Waals surface area (Å²) in [6.45, 7) is 0.465. The third-order valence-corrected chi connectivity index (χ3v) is 4.52. The highest BCUT2D eigenvalue weighted by Crippen LogP contribution is 2.31. The number of hydrogen-bond donors (Lipinski definition) is 2. The number of halogens is 3. The van der Waals surface area contributed by atoms with Gasteiger partial charge in [-0.1, -0.05) is 53.0 Å². The minimum atomic E-state index is -0.331. The molecule has 3 aromatic rings. The normalized spacial score (nSPS) is 10.7. The van der Waals surface area contributed by atoms with Crippen LogP contribution in [0.25, 0.3) is 0 Å². The van der Waals surface area contributed by atoms with Crippen LogP contribution in [0.1, 0.15) is 15.9 Å². The molecule has 0 spiro atoms. The number of nitrogens with zero attached hydrogens (tertiary/aromatic N) is 2. The number of nitrogens with one attached hydrogen (secondary N) is 1. The molecule has 0 aliphatic heterocycles. The second kappa shape index (κ2) is 7.35. The van der Waals surface area contributed by atoms with Gasteiger partial charge in [0.05, 0.1) is 34.0 Å².